The topological polar surface area (TPSA) is 69.7 Å². The summed E-state index contributed by atoms with van der Waals surface area (Å²) in [5.74, 6) is 0.291. The highest BCUT2D eigenvalue weighted by Crippen LogP contribution is 2.25. The van der Waals surface area contributed by atoms with E-state index in [-0.39, 0.29) is 23.6 Å². The Balaban J connectivity index is 1.48. The van der Waals surface area contributed by atoms with Crippen molar-refractivity contribution in [3.8, 4) is 0 Å². The molecule has 1 aromatic carbocycles. The molecule has 0 atom stereocenters. The molecule has 1 aliphatic heterocycles. The third-order valence-electron chi connectivity index (χ3n) is 5.68. The molecule has 0 unspecified atom stereocenters. The number of piperazine rings is 1. The molecule has 6 nitrogen and oxygen atoms in total. The van der Waals surface area contributed by atoms with Crippen LogP contribution in [0.4, 0.5) is 0 Å². The monoisotopic (exact) mass is 383 g/mol. The Morgan fingerprint density at radius 3 is 2.14 bits per heavy atom. The van der Waals surface area contributed by atoms with E-state index in [2.05, 4.69) is 5.32 Å². The van der Waals surface area contributed by atoms with Gasteiger partial charge in [0, 0.05) is 50.8 Å². The van der Waals surface area contributed by atoms with Crippen LogP contribution in [-0.4, -0.2) is 60.7 Å². The highest BCUT2D eigenvalue weighted by molar-refractivity contribution is 5.95. The van der Waals surface area contributed by atoms with Crippen molar-refractivity contribution in [2.75, 3.05) is 33.2 Å². The summed E-state index contributed by atoms with van der Waals surface area (Å²) in [6.45, 7) is 2.40. The average Bonchev–Trinajstić information content (AvgIpc) is 2.77. The van der Waals surface area contributed by atoms with Crippen molar-refractivity contribution >= 4 is 23.8 Å². The molecule has 28 heavy (non-hydrogen) atoms. The van der Waals surface area contributed by atoms with Crippen molar-refractivity contribution < 1.29 is 14.4 Å². The van der Waals surface area contributed by atoms with Crippen LogP contribution in [0.3, 0.4) is 0 Å². The lowest BCUT2D eigenvalue weighted by molar-refractivity contribution is -0.141. The molecule has 2 aliphatic rings. The summed E-state index contributed by atoms with van der Waals surface area (Å²) in [7, 11) is 1.59. The van der Waals surface area contributed by atoms with Crippen molar-refractivity contribution in [2.24, 2.45) is 5.92 Å². The van der Waals surface area contributed by atoms with Gasteiger partial charge in [0.25, 0.3) is 5.91 Å². The molecule has 2 fully saturated rings. The van der Waals surface area contributed by atoms with Crippen LogP contribution in [0.5, 0.6) is 0 Å². The Labute approximate surface area is 166 Å². The lowest BCUT2D eigenvalue weighted by Gasteiger charge is -2.36. The second kappa shape index (κ2) is 9.53. The fourth-order valence-electron chi connectivity index (χ4n) is 3.92. The molecule has 1 N–H and O–H groups in total. The zero-order valence-corrected chi connectivity index (χ0v) is 16.5. The lowest BCUT2D eigenvalue weighted by Crippen LogP contribution is -2.51. The molecule has 0 radical (unpaired) electrons. The molecule has 3 amide bonds. The minimum absolute atomic E-state index is 0.0415. The van der Waals surface area contributed by atoms with Gasteiger partial charge >= 0.3 is 0 Å². The second-order valence-electron chi connectivity index (χ2n) is 7.52. The fourth-order valence-corrected chi connectivity index (χ4v) is 3.92. The van der Waals surface area contributed by atoms with Gasteiger partial charge in [-0.2, -0.15) is 0 Å². The fraction of sp³-hybridized carbons (Fsp3) is 0.500. The van der Waals surface area contributed by atoms with Crippen LogP contribution in [-0.2, 0) is 9.59 Å². The van der Waals surface area contributed by atoms with Crippen molar-refractivity contribution in [2.45, 2.75) is 32.1 Å². The SMILES string of the molecule is CNC(=O)c1ccc(/C=C/C(=O)N2CCN(C(=O)C3CCCCC3)CC2)cc1. The van der Waals surface area contributed by atoms with E-state index < -0.39 is 0 Å². The molecule has 0 spiro atoms. The van der Waals surface area contributed by atoms with Crippen LogP contribution >= 0.6 is 0 Å². The van der Waals surface area contributed by atoms with Gasteiger partial charge in [-0.1, -0.05) is 31.4 Å². The molecule has 1 saturated carbocycles. The molecule has 1 saturated heterocycles. The summed E-state index contributed by atoms with van der Waals surface area (Å²) in [4.78, 5) is 40.3. The molecule has 6 heteroatoms. The number of rotatable bonds is 4. The van der Waals surface area contributed by atoms with E-state index in [4.69, 9.17) is 0 Å². The van der Waals surface area contributed by atoms with Crippen LogP contribution in [0.1, 0.15) is 48.0 Å². The Kier molecular flexibility index (Phi) is 6.85. The van der Waals surface area contributed by atoms with E-state index in [0.717, 1.165) is 31.2 Å². The number of carbonyl (C=O) groups excluding carboxylic acids is 3. The molecule has 1 heterocycles. The maximum Gasteiger partial charge on any atom is 0.251 e. The Hall–Kier alpha value is -2.63. The van der Waals surface area contributed by atoms with E-state index in [9.17, 15) is 14.4 Å². The van der Waals surface area contributed by atoms with E-state index in [1.165, 1.54) is 6.42 Å². The van der Waals surface area contributed by atoms with Crippen LogP contribution < -0.4 is 5.32 Å². The second-order valence-corrected chi connectivity index (χ2v) is 7.52. The molecule has 0 bridgehead atoms. The van der Waals surface area contributed by atoms with E-state index >= 15 is 0 Å². The molecular weight excluding hydrogens is 354 g/mol. The highest BCUT2D eigenvalue weighted by Gasteiger charge is 2.29. The largest absolute Gasteiger partial charge is 0.355 e. The Bertz CT molecular complexity index is 728. The Morgan fingerprint density at radius 1 is 0.929 bits per heavy atom. The first kappa shape index (κ1) is 20.1. The third-order valence-corrected chi connectivity index (χ3v) is 5.68. The summed E-state index contributed by atoms with van der Waals surface area (Å²) < 4.78 is 0. The molecule has 3 rings (SSSR count). The standard InChI is InChI=1S/C22H29N3O3/c1-23-21(27)18-10-7-17(8-11-18)9-12-20(26)24-13-15-25(16-14-24)22(28)19-5-3-2-4-6-19/h7-12,19H,2-6,13-16H2,1H3,(H,23,27)/b12-9+. The number of hydrogen-bond acceptors (Lipinski definition) is 3. The number of benzene rings is 1. The van der Waals surface area contributed by atoms with Crippen molar-refractivity contribution in [1.82, 2.24) is 15.1 Å². The van der Waals surface area contributed by atoms with Gasteiger partial charge in [-0.15, -0.1) is 0 Å². The zero-order chi connectivity index (χ0) is 19.9. The highest BCUT2D eigenvalue weighted by atomic mass is 16.2. The number of hydrogen-bond donors (Lipinski definition) is 1. The number of nitrogens with zero attached hydrogens (tertiary/aromatic N) is 2. The van der Waals surface area contributed by atoms with Gasteiger partial charge in [-0.05, 0) is 36.6 Å². The first-order valence-corrected chi connectivity index (χ1v) is 10.2. The summed E-state index contributed by atoms with van der Waals surface area (Å²) in [6.07, 6.45) is 8.91. The van der Waals surface area contributed by atoms with Crippen molar-refractivity contribution in [3.63, 3.8) is 0 Å². The lowest BCUT2D eigenvalue weighted by atomic mass is 9.88. The maximum atomic E-state index is 12.6. The minimum atomic E-state index is -0.132. The van der Waals surface area contributed by atoms with Gasteiger partial charge < -0.3 is 15.1 Å². The normalized spacial score (nSPS) is 18.3. The van der Waals surface area contributed by atoms with Gasteiger partial charge in [0.15, 0.2) is 0 Å². The van der Waals surface area contributed by atoms with E-state index in [0.29, 0.717) is 31.7 Å². The van der Waals surface area contributed by atoms with Gasteiger partial charge in [0.2, 0.25) is 11.8 Å². The smallest absolute Gasteiger partial charge is 0.251 e. The maximum absolute atomic E-state index is 12.6. The summed E-state index contributed by atoms with van der Waals surface area (Å²) in [5, 5.41) is 2.58. The molecule has 1 aliphatic carbocycles. The van der Waals surface area contributed by atoms with E-state index in [1.54, 1.807) is 36.2 Å². The van der Waals surface area contributed by atoms with Crippen LogP contribution in [0, 0.1) is 5.92 Å². The Morgan fingerprint density at radius 2 is 1.54 bits per heavy atom. The van der Waals surface area contributed by atoms with E-state index in [1.807, 2.05) is 17.0 Å². The average molecular weight is 383 g/mol. The first-order valence-electron chi connectivity index (χ1n) is 10.2. The quantitative estimate of drug-likeness (QED) is 0.811. The summed E-state index contributed by atoms with van der Waals surface area (Å²) in [6, 6.07) is 7.10. The third kappa shape index (κ3) is 5.00. The molecular formula is C22H29N3O3. The van der Waals surface area contributed by atoms with Crippen molar-refractivity contribution in [1.29, 1.82) is 0 Å². The minimum Gasteiger partial charge on any atom is -0.355 e. The first-order chi connectivity index (χ1) is 13.6. The predicted octanol–water partition coefficient (Wildman–Crippen LogP) is 2.31. The summed E-state index contributed by atoms with van der Waals surface area (Å²) in [5.41, 5.74) is 1.46. The van der Waals surface area contributed by atoms with Crippen LogP contribution in [0.2, 0.25) is 0 Å². The predicted molar refractivity (Wildman–Crippen MR) is 109 cm³/mol. The van der Waals surface area contributed by atoms with Gasteiger partial charge in [-0.25, -0.2) is 0 Å². The van der Waals surface area contributed by atoms with Crippen LogP contribution in [0.15, 0.2) is 30.3 Å². The molecule has 0 aromatic heterocycles. The zero-order valence-electron chi connectivity index (χ0n) is 16.5. The summed E-state index contributed by atoms with van der Waals surface area (Å²) >= 11 is 0. The van der Waals surface area contributed by atoms with Gasteiger partial charge in [0.1, 0.15) is 0 Å². The molecule has 150 valence electrons. The number of carbonyl (C=O) groups is 3. The van der Waals surface area contributed by atoms with Gasteiger partial charge in [0.05, 0.1) is 0 Å². The van der Waals surface area contributed by atoms with Crippen molar-refractivity contribution in [3.05, 3.63) is 41.5 Å². The number of nitrogens with one attached hydrogen (secondary N) is 1. The van der Waals surface area contributed by atoms with Gasteiger partial charge in [-0.3, -0.25) is 14.4 Å². The van der Waals surface area contributed by atoms with Crippen LogP contribution in [0.25, 0.3) is 6.08 Å². The molecule has 1 aromatic rings. The number of amides is 3.